The Hall–Kier alpha value is -1.00. The van der Waals surface area contributed by atoms with Gasteiger partial charge in [-0.05, 0) is 12.0 Å². The standard InChI is InChI=1S/C17H26N2OS/c1-2-3-4-5-9-12-18-16(20)15-13-21-17(19-15)14-10-7-6-8-11-14/h6-8,10-11,15,17,19H,2-5,9,12-13H2,1H3,(H,18,20)/t15-,17?/m1/s1. The van der Waals surface area contributed by atoms with Crippen LogP contribution in [0.1, 0.15) is 50.0 Å². The molecule has 0 aliphatic carbocycles. The van der Waals surface area contributed by atoms with E-state index in [1.807, 2.05) is 30.0 Å². The SMILES string of the molecule is CCCCCCCNC(=O)[C@H]1CSC(c2ccccc2)N1. The molecule has 0 aromatic heterocycles. The smallest absolute Gasteiger partial charge is 0.238 e. The molecule has 1 saturated heterocycles. The lowest BCUT2D eigenvalue weighted by Gasteiger charge is -2.13. The van der Waals surface area contributed by atoms with Crippen LogP contribution in [0.2, 0.25) is 0 Å². The van der Waals surface area contributed by atoms with Gasteiger partial charge < -0.3 is 5.32 Å². The molecule has 1 aliphatic heterocycles. The summed E-state index contributed by atoms with van der Waals surface area (Å²) in [4.78, 5) is 12.1. The lowest BCUT2D eigenvalue weighted by atomic mass is 10.1. The fourth-order valence-corrected chi connectivity index (χ4v) is 3.75. The predicted octanol–water partition coefficient (Wildman–Crippen LogP) is 3.48. The van der Waals surface area contributed by atoms with Crippen LogP contribution in [-0.4, -0.2) is 24.2 Å². The van der Waals surface area contributed by atoms with E-state index in [0.29, 0.717) is 0 Å². The first-order chi connectivity index (χ1) is 10.3. The van der Waals surface area contributed by atoms with Gasteiger partial charge in [0.1, 0.15) is 0 Å². The Morgan fingerprint density at radius 3 is 2.76 bits per heavy atom. The highest BCUT2D eigenvalue weighted by Gasteiger charge is 2.29. The summed E-state index contributed by atoms with van der Waals surface area (Å²) in [6, 6.07) is 10.3. The lowest BCUT2D eigenvalue weighted by Crippen LogP contribution is -2.42. The number of carbonyl (C=O) groups excluding carboxylic acids is 1. The highest BCUT2D eigenvalue weighted by atomic mass is 32.2. The average molecular weight is 306 g/mol. The average Bonchev–Trinajstić information content (AvgIpc) is 3.01. The van der Waals surface area contributed by atoms with E-state index in [2.05, 4.69) is 29.7 Å². The van der Waals surface area contributed by atoms with E-state index in [9.17, 15) is 4.79 Å². The molecular formula is C17H26N2OS. The van der Waals surface area contributed by atoms with Gasteiger partial charge in [-0.1, -0.05) is 62.9 Å². The second kappa shape index (κ2) is 9.11. The molecule has 0 radical (unpaired) electrons. The summed E-state index contributed by atoms with van der Waals surface area (Å²) in [6.45, 7) is 3.02. The van der Waals surface area contributed by atoms with Gasteiger partial charge in [0, 0.05) is 12.3 Å². The molecule has 1 fully saturated rings. The van der Waals surface area contributed by atoms with Crippen molar-refractivity contribution in [2.75, 3.05) is 12.3 Å². The first kappa shape index (κ1) is 16.4. The Balaban J connectivity index is 1.66. The van der Waals surface area contributed by atoms with Crippen molar-refractivity contribution in [3.05, 3.63) is 35.9 Å². The second-order valence-electron chi connectivity index (χ2n) is 5.55. The molecule has 1 aliphatic rings. The fraction of sp³-hybridized carbons (Fsp3) is 0.588. The molecule has 1 aromatic carbocycles. The zero-order chi connectivity index (χ0) is 14.9. The Kier molecular flexibility index (Phi) is 7.10. The van der Waals surface area contributed by atoms with Gasteiger partial charge in [-0.15, -0.1) is 11.8 Å². The van der Waals surface area contributed by atoms with Crippen molar-refractivity contribution in [3.8, 4) is 0 Å². The molecule has 2 atom stereocenters. The number of carbonyl (C=O) groups is 1. The van der Waals surface area contributed by atoms with Gasteiger partial charge in [0.05, 0.1) is 11.4 Å². The Morgan fingerprint density at radius 2 is 2.00 bits per heavy atom. The molecule has 21 heavy (non-hydrogen) atoms. The van der Waals surface area contributed by atoms with Crippen molar-refractivity contribution >= 4 is 17.7 Å². The van der Waals surface area contributed by atoms with Gasteiger partial charge in [-0.3, -0.25) is 10.1 Å². The Labute approximate surface area is 132 Å². The quantitative estimate of drug-likeness (QED) is 0.723. The zero-order valence-electron chi connectivity index (χ0n) is 12.8. The number of nitrogens with one attached hydrogen (secondary N) is 2. The van der Waals surface area contributed by atoms with Crippen LogP contribution < -0.4 is 10.6 Å². The molecule has 0 saturated carbocycles. The minimum Gasteiger partial charge on any atom is -0.355 e. The van der Waals surface area contributed by atoms with E-state index in [1.165, 1.54) is 31.2 Å². The highest BCUT2D eigenvalue weighted by molar-refractivity contribution is 7.99. The summed E-state index contributed by atoms with van der Waals surface area (Å²) >= 11 is 1.81. The molecule has 0 bridgehead atoms. The van der Waals surface area contributed by atoms with Gasteiger partial charge >= 0.3 is 0 Å². The van der Waals surface area contributed by atoms with Crippen LogP contribution in [0.5, 0.6) is 0 Å². The molecule has 116 valence electrons. The third-order valence-corrected chi connectivity index (χ3v) is 5.05. The normalized spacial score (nSPS) is 21.4. The third-order valence-electron chi connectivity index (χ3n) is 3.78. The van der Waals surface area contributed by atoms with Crippen molar-refractivity contribution < 1.29 is 4.79 Å². The van der Waals surface area contributed by atoms with Crippen molar-refractivity contribution in [2.45, 2.75) is 50.4 Å². The van der Waals surface area contributed by atoms with Crippen molar-refractivity contribution in [1.82, 2.24) is 10.6 Å². The van der Waals surface area contributed by atoms with Crippen LogP contribution in [0, 0.1) is 0 Å². The van der Waals surface area contributed by atoms with Crippen LogP contribution >= 0.6 is 11.8 Å². The van der Waals surface area contributed by atoms with Crippen LogP contribution in [0.4, 0.5) is 0 Å². The molecule has 4 heteroatoms. The predicted molar refractivity (Wildman–Crippen MR) is 90.3 cm³/mol. The van der Waals surface area contributed by atoms with Gasteiger partial charge in [0.25, 0.3) is 0 Å². The largest absolute Gasteiger partial charge is 0.355 e. The number of thioether (sulfide) groups is 1. The zero-order valence-corrected chi connectivity index (χ0v) is 13.6. The van der Waals surface area contributed by atoms with Crippen LogP contribution in [0.3, 0.4) is 0 Å². The second-order valence-corrected chi connectivity index (χ2v) is 6.69. The third kappa shape index (κ3) is 5.36. The number of rotatable bonds is 8. The first-order valence-electron chi connectivity index (χ1n) is 8.01. The van der Waals surface area contributed by atoms with E-state index < -0.39 is 0 Å². The van der Waals surface area contributed by atoms with Gasteiger partial charge in [-0.2, -0.15) is 0 Å². The number of hydrogen-bond acceptors (Lipinski definition) is 3. The summed E-state index contributed by atoms with van der Waals surface area (Å²) in [7, 11) is 0. The van der Waals surface area contributed by atoms with E-state index >= 15 is 0 Å². The molecule has 1 amide bonds. The van der Waals surface area contributed by atoms with Crippen molar-refractivity contribution in [1.29, 1.82) is 0 Å². The van der Waals surface area contributed by atoms with Gasteiger partial charge in [-0.25, -0.2) is 0 Å². The first-order valence-corrected chi connectivity index (χ1v) is 9.06. The summed E-state index contributed by atoms with van der Waals surface area (Å²) < 4.78 is 0. The van der Waals surface area contributed by atoms with E-state index in [-0.39, 0.29) is 17.3 Å². The summed E-state index contributed by atoms with van der Waals surface area (Å²) in [5.74, 6) is 0.998. The highest BCUT2D eigenvalue weighted by Crippen LogP contribution is 2.32. The van der Waals surface area contributed by atoms with Gasteiger partial charge in [0.2, 0.25) is 5.91 Å². The molecule has 1 heterocycles. The molecule has 0 spiro atoms. The summed E-state index contributed by atoms with van der Waals surface area (Å²) in [6.07, 6.45) is 6.14. The topological polar surface area (TPSA) is 41.1 Å². The fourth-order valence-electron chi connectivity index (χ4n) is 2.51. The van der Waals surface area contributed by atoms with E-state index in [0.717, 1.165) is 18.7 Å². The Morgan fingerprint density at radius 1 is 1.24 bits per heavy atom. The summed E-state index contributed by atoms with van der Waals surface area (Å²) in [5, 5.41) is 6.72. The van der Waals surface area contributed by atoms with Gasteiger partial charge in [0.15, 0.2) is 0 Å². The molecular weight excluding hydrogens is 280 g/mol. The molecule has 2 N–H and O–H groups in total. The molecule has 3 nitrogen and oxygen atoms in total. The molecule has 1 aromatic rings. The molecule has 2 rings (SSSR count). The maximum Gasteiger partial charge on any atom is 0.238 e. The Bertz CT molecular complexity index is 424. The maximum atomic E-state index is 12.1. The van der Waals surface area contributed by atoms with Crippen molar-refractivity contribution in [3.63, 3.8) is 0 Å². The number of benzene rings is 1. The van der Waals surface area contributed by atoms with Crippen LogP contribution in [-0.2, 0) is 4.79 Å². The van der Waals surface area contributed by atoms with Crippen LogP contribution in [0.25, 0.3) is 0 Å². The van der Waals surface area contributed by atoms with Crippen molar-refractivity contribution in [2.24, 2.45) is 0 Å². The number of hydrogen-bond donors (Lipinski definition) is 2. The minimum atomic E-state index is -0.0594. The van der Waals surface area contributed by atoms with Crippen LogP contribution in [0.15, 0.2) is 30.3 Å². The minimum absolute atomic E-state index is 0.0594. The lowest BCUT2D eigenvalue weighted by molar-refractivity contribution is -0.122. The molecule has 1 unspecified atom stereocenters. The maximum absolute atomic E-state index is 12.1. The van der Waals surface area contributed by atoms with E-state index in [4.69, 9.17) is 0 Å². The number of unbranched alkanes of at least 4 members (excludes halogenated alkanes) is 4. The summed E-state index contributed by atoms with van der Waals surface area (Å²) in [5.41, 5.74) is 1.25. The monoisotopic (exact) mass is 306 g/mol. The van der Waals surface area contributed by atoms with E-state index in [1.54, 1.807) is 0 Å². The number of amides is 1.